The molecule has 2 amide bonds. The maximum Gasteiger partial charge on any atom is 0.407 e. The molecule has 3 aromatic heterocycles. The van der Waals surface area contributed by atoms with Crippen LogP contribution in [0.15, 0.2) is 34.3 Å². The molecule has 1 atom stereocenters. The van der Waals surface area contributed by atoms with Gasteiger partial charge >= 0.3 is 6.09 Å². The molecular weight excluding hydrogens is 460 g/mol. The minimum Gasteiger partial charge on any atom is -0.465 e. The molecule has 170 valence electrons. The Balaban J connectivity index is 1.31. The van der Waals surface area contributed by atoms with Gasteiger partial charge in [0, 0.05) is 16.3 Å². The average Bonchev–Trinajstić information content (AvgIpc) is 3.54. The van der Waals surface area contributed by atoms with Gasteiger partial charge in [-0.1, -0.05) is 0 Å². The highest BCUT2D eigenvalue weighted by molar-refractivity contribution is 7.16. The van der Waals surface area contributed by atoms with E-state index in [9.17, 15) is 14.9 Å². The fourth-order valence-corrected chi connectivity index (χ4v) is 5.52. The van der Waals surface area contributed by atoms with E-state index in [0.29, 0.717) is 42.3 Å². The van der Waals surface area contributed by atoms with E-state index in [-0.39, 0.29) is 11.8 Å². The number of furan rings is 1. The third-order valence-corrected chi connectivity index (χ3v) is 7.18. The molecule has 4 rings (SSSR count). The van der Waals surface area contributed by atoms with Gasteiger partial charge < -0.3 is 19.8 Å². The van der Waals surface area contributed by atoms with Crippen molar-refractivity contribution in [2.24, 2.45) is 5.92 Å². The predicted molar refractivity (Wildman–Crippen MR) is 126 cm³/mol. The van der Waals surface area contributed by atoms with Gasteiger partial charge in [-0.3, -0.25) is 4.79 Å². The molecule has 0 saturated heterocycles. The fourth-order valence-electron chi connectivity index (χ4n) is 3.60. The second kappa shape index (κ2) is 10.5. The topological polar surface area (TPSA) is 117 Å². The lowest BCUT2D eigenvalue weighted by atomic mass is 9.88. The van der Waals surface area contributed by atoms with Crippen LogP contribution >= 0.6 is 22.7 Å². The van der Waals surface area contributed by atoms with Gasteiger partial charge in [0.15, 0.2) is 0 Å². The molecule has 1 unspecified atom stereocenters. The first-order valence-electron chi connectivity index (χ1n) is 10.4. The second-order valence-electron chi connectivity index (χ2n) is 7.58. The summed E-state index contributed by atoms with van der Waals surface area (Å²) in [5, 5.41) is 18.6. The summed E-state index contributed by atoms with van der Waals surface area (Å²) in [6.07, 6.45) is 6.23. The van der Waals surface area contributed by atoms with Gasteiger partial charge in [-0.05, 0) is 55.9 Å². The van der Waals surface area contributed by atoms with Crippen LogP contribution in [0.2, 0.25) is 0 Å². The van der Waals surface area contributed by atoms with Crippen molar-refractivity contribution in [1.82, 2.24) is 10.3 Å². The minimum atomic E-state index is -0.466. The van der Waals surface area contributed by atoms with E-state index in [2.05, 4.69) is 21.7 Å². The summed E-state index contributed by atoms with van der Waals surface area (Å²) in [5.41, 5.74) is 2.31. The minimum absolute atomic E-state index is 0.164. The number of thiazole rings is 1. The zero-order chi connectivity index (χ0) is 23.2. The first-order valence-corrected chi connectivity index (χ1v) is 12.1. The van der Waals surface area contributed by atoms with Crippen LogP contribution in [0, 0.1) is 24.2 Å². The Morgan fingerprint density at radius 3 is 3.06 bits per heavy atom. The summed E-state index contributed by atoms with van der Waals surface area (Å²) in [6, 6.07) is 5.72. The third-order valence-electron chi connectivity index (χ3n) is 5.19. The quantitative estimate of drug-likeness (QED) is 0.473. The highest BCUT2D eigenvalue weighted by Gasteiger charge is 2.27. The van der Waals surface area contributed by atoms with E-state index in [1.54, 1.807) is 18.2 Å². The van der Waals surface area contributed by atoms with Crippen molar-refractivity contribution in [2.45, 2.75) is 32.7 Å². The molecule has 0 saturated carbocycles. The number of amides is 2. The summed E-state index contributed by atoms with van der Waals surface area (Å²) in [4.78, 5) is 29.7. The highest BCUT2D eigenvalue weighted by Crippen LogP contribution is 2.39. The van der Waals surface area contributed by atoms with Crippen LogP contribution < -0.4 is 10.6 Å². The molecular formula is C23H22N4O4S2. The molecule has 0 fully saturated rings. The Kier molecular flexibility index (Phi) is 7.22. The van der Waals surface area contributed by atoms with Crippen LogP contribution in [0.1, 0.15) is 38.9 Å². The van der Waals surface area contributed by atoms with E-state index in [4.69, 9.17) is 9.15 Å². The molecule has 0 spiro atoms. The van der Waals surface area contributed by atoms with E-state index in [0.717, 1.165) is 27.6 Å². The van der Waals surface area contributed by atoms with E-state index in [1.165, 1.54) is 35.0 Å². The number of alkyl carbamates (subject to hydrolysis) is 1. The Hall–Kier alpha value is -3.42. The molecule has 8 nitrogen and oxygen atoms in total. The second-order valence-corrected chi connectivity index (χ2v) is 9.74. The van der Waals surface area contributed by atoms with Crippen molar-refractivity contribution >= 4 is 45.8 Å². The lowest BCUT2D eigenvalue weighted by Crippen LogP contribution is -2.27. The highest BCUT2D eigenvalue weighted by atomic mass is 32.1. The number of anilines is 1. The van der Waals surface area contributed by atoms with Gasteiger partial charge in [-0.2, -0.15) is 5.26 Å². The van der Waals surface area contributed by atoms with Gasteiger partial charge in [-0.25, -0.2) is 9.78 Å². The third kappa shape index (κ3) is 5.88. The predicted octanol–water partition coefficient (Wildman–Crippen LogP) is 4.66. The lowest BCUT2D eigenvalue weighted by Gasteiger charge is -2.21. The number of carbonyl (C=O) groups is 2. The van der Waals surface area contributed by atoms with E-state index < -0.39 is 6.09 Å². The molecule has 33 heavy (non-hydrogen) atoms. The van der Waals surface area contributed by atoms with Gasteiger partial charge in [0.05, 0.1) is 35.7 Å². The molecule has 1 aliphatic rings. The first-order chi connectivity index (χ1) is 16.0. The molecule has 2 N–H and O–H groups in total. The van der Waals surface area contributed by atoms with Crippen LogP contribution in [0.5, 0.6) is 0 Å². The van der Waals surface area contributed by atoms with Crippen LogP contribution in [0.3, 0.4) is 0 Å². The number of nitrogens with zero attached hydrogens (tertiary/aromatic N) is 2. The number of aromatic nitrogens is 1. The molecule has 0 bridgehead atoms. The number of fused-ring (bicyclic) bond motifs is 1. The van der Waals surface area contributed by atoms with Crippen molar-refractivity contribution in [1.29, 1.82) is 5.26 Å². The maximum atomic E-state index is 12.3. The normalized spacial score (nSPS) is 15.1. The molecule has 10 heteroatoms. The van der Waals surface area contributed by atoms with E-state index in [1.807, 2.05) is 12.3 Å². The summed E-state index contributed by atoms with van der Waals surface area (Å²) < 4.78 is 10.6. The van der Waals surface area contributed by atoms with Crippen LogP contribution in [-0.2, 0) is 28.9 Å². The summed E-state index contributed by atoms with van der Waals surface area (Å²) in [5.74, 6) is 0.412. The number of ether oxygens (including phenoxy) is 1. The van der Waals surface area contributed by atoms with Gasteiger partial charge in [0.25, 0.3) is 0 Å². The monoisotopic (exact) mass is 482 g/mol. The van der Waals surface area contributed by atoms with Crippen LogP contribution in [0.4, 0.5) is 9.80 Å². The van der Waals surface area contributed by atoms with Crippen molar-refractivity contribution in [3.8, 4) is 6.07 Å². The zero-order valence-corrected chi connectivity index (χ0v) is 19.6. The first kappa shape index (κ1) is 22.8. The molecule has 1 aliphatic carbocycles. The van der Waals surface area contributed by atoms with Gasteiger partial charge in [0.1, 0.15) is 16.8 Å². The SMILES string of the molecule is Cc1nc(CNC(=O)OCC2CCc3c(sc(NC(=O)C=Cc4ccco4)c3C#N)C2)cs1. The fraction of sp³-hybridized carbons (Fsp3) is 0.304. The zero-order valence-electron chi connectivity index (χ0n) is 17.9. The van der Waals surface area contributed by atoms with Crippen molar-refractivity contribution in [2.75, 3.05) is 11.9 Å². The van der Waals surface area contributed by atoms with Crippen molar-refractivity contribution in [3.63, 3.8) is 0 Å². The number of hydrogen-bond acceptors (Lipinski definition) is 8. The molecule has 3 heterocycles. The number of rotatable bonds is 7. The van der Waals surface area contributed by atoms with Crippen LogP contribution in [-0.4, -0.2) is 23.6 Å². The number of thiophene rings is 1. The average molecular weight is 483 g/mol. The molecule has 0 aromatic carbocycles. The Labute approximate surface area is 198 Å². The van der Waals surface area contributed by atoms with Gasteiger partial charge in [-0.15, -0.1) is 22.7 Å². The largest absolute Gasteiger partial charge is 0.465 e. The Morgan fingerprint density at radius 1 is 1.45 bits per heavy atom. The smallest absolute Gasteiger partial charge is 0.407 e. The molecule has 3 aromatic rings. The number of aryl methyl sites for hydroxylation is 1. The maximum absolute atomic E-state index is 12.3. The summed E-state index contributed by atoms with van der Waals surface area (Å²) in [6.45, 7) is 2.56. The Bertz CT molecular complexity index is 1200. The van der Waals surface area contributed by atoms with Crippen LogP contribution in [0.25, 0.3) is 6.08 Å². The number of carbonyl (C=O) groups excluding carboxylic acids is 2. The molecule has 0 radical (unpaired) electrons. The summed E-state index contributed by atoms with van der Waals surface area (Å²) in [7, 11) is 0. The van der Waals surface area contributed by atoms with Gasteiger partial charge in [0.2, 0.25) is 5.91 Å². The molecule has 0 aliphatic heterocycles. The van der Waals surface area contributed by atoms with Crippen molar-refractivity contribution in [3.05, 3.63) is 62.3 Å². The van der Waals surface area contributed by atoms with Crippen molar-refractivity contribution < 1.29 is 18.7 Å². The Morgan fingerprint density at radius 2 is 2.33 bits per heavy atom. The standard InChI is InChI=1S/C23H22N4O4S2/c1-14-26-16(13-32-14)11-25-23(29)31-12-15-4-6-18-19(10-24)22(33-20(18)9-15)27-21(28)7-5-17-3-2-8-30-17/h2-3,5,7-8,13,15H,4,6,9,11-12H2,1H3,(H,25,29)(H,27,28). The number of hydrogen-bond donors (Lipinski definition) is 2. The number of nitriles is 1. The number of nitrogens with one attached hydrogen (secondary N) is 2. The van der Waals surface area contributed by atoms with E-state index >= 15 is 0 Å². The lowest BCUT2D eigenvalue weighted by molar-refractivity contribution is -0.111. The summed E-state index contributed by atoms with van der Waals surface area (Å²) >= 11 is 2.95.